The lowest BCUT2D eigenvalue weighted by Crippen LogP contribution is -2.46. The molecule has 1 N–H and O–H groups in total. The molecule has 2 nitrogen and oxygen atoms in total. The summed E-state index contributed by atoms with van der Waals surface area (Å²) >= 11 is 0. The smallest absolute Gasteiger partial charge is 0.0685 e. The van der Waals surface area contributed by atoms with Crippen LogP contribution < -0.4 is 5.32 Å². The third-order valence-corrected chi connectivity index (χ3v) is 2.88. The Hall–Kier alpha value is -0.520. The van der Waals surface area contributed by atoms with Crippen LogP contribution in [-0.4, -0.2) is 36.6 Å². The van der Waals surface area contributed by atoms with Gasteiger partial charge in [0.2, 0.25) is 0 Å². The minimum atomic E-state index is 0.285. The van der Waals surface area contributed by atoms with Crippen molar-refractivity contribution >= 4 is 0 Å². The molecule has 0 aliphatic carbocycles. The Kier molecular flexibility index (Phi) is 4.27. The van der Waals surface area contributed by atoms with Gasteiger partial charge in [-0.05, 0) is 39.4 Å². The van der Waals surface area contributed by atoms with Gasteiger partial charge in [-0.3, -0.25) is 4.90 Å². The number of rotatable bonds is 3. The zero-order valence-corrected chi connectivity index (χ0v) is 8.71. The van der Waals surface area contributed by atoms with Gasteiger partial charge in [-0.2, -0.15) is 0 Å². The van der Waals surface area contributed by atoms with Crippen molar-refractivity contribution in [3.8, 4) is 12.3 Å². The van der Waals surface area contributed by atoms with Crippen LogP contribution >= 0.6 is 0 Å². The van der Waals surface area contributed by atoms with Crippen LogP contribution in [-0.2, 0) is 0 Å². The molecule has 1 aliphatic rings. The van der Waals surface area contributed by atoms with Gasteiger partial charge in [0.15, 0.2) is 0 Å². The first-order chi connectivity index (χ1) is 6.29. The summed E-state index contributed by atoms with van der Waals surface area (Å²) in [7, 11) is 0. The van der Waals surface area contributed by atoms with E-state index in [9.17, 15) is 0 Å². The van der Waals surface area contributed by atoms with E-state index in [1.807, 2.05) is 0 Å². The number of nitrogens with one attached hydrogen (secondary N) is 1. The van der Waals surface area contributed by atoms with Crippen LogP contribution in [0.5, 0.6) is 0 Å². The predicted molar refractivity (Wildman–Crippen MR) is 56.6 cm³/mol. The molecule has 0 amide bonds. The molecular weight excluding hydrogens is 160 g/mol. The minimum absolute atomic E-state index is 0.285. The normalized spacial score (nSPS) is 21.4. The highest BCUT2D eigenvalue weighted by Gasteiger charge is 2.22. The summed E-state index contributed by atoms with van der Waals surface area (Å²) in [6.07, 6.45) is 7.92. The van der Waals surface area contributed by atoms with Gasteiger partial charge < -0.3 is 5.32 Å². The molecule has 0 spiro atoms. The second-order valence-corrected chi connectivity index (χ2v) is 3.65. The Morgan fingerprint density at radius 2 is 2.15 bits per heavy atom. The zero-order chi connectivity index (χ0) is 9.68. The fraction of sp³-hybridized carbons (Fsp3) is 0.818. The highest BCUT2D eigenvalue weighted by Crippen LogP contribution is 2.14. The van der Waals surface area contributed by atoms with Gasteiger partial charge in [-0.25, -0.2) is 0 Å². The van der Waals surface area contributed by atoms with Gasteiger partial charge >= 0.3 is 0 Å². The lowest BCUT2D eigenvalue weighted by Gasteiger charge is -2.36. The Labute approximate surface area is 81.7 Å². The maximum Gasteiger partial charge on any atom is 0.0685 e. The van der Waals surface area contributed by atoms with E-state index in [-0.39, 0.29) is 6.04 Å². The third-order valence-electron chi connectivity index (χ3n) is 2.88. The Morgan fingerprint density at radius 1 is 1.54 bits per heavy atom. The van der Waals surface area contributed by atoms with E-state index in [4.69, 9.17) is 6.42 Å². The van der Waals surface area contributed by atoms with Gasteiger partial charge in [0.25, 0.3) is 0 Å². The highest BCUT2D eigenvalue weighted by atomic mass is 15.2. The molecule has 1 unspecified atom stereocenters. The lowest BCUT2D eigenvalue weighted by molar-refractivity contribution is 0.150. The van der Waals surface area contributed by atoms with Crippen molar-refractivity contribution in [2.75, 3.05) is 19.6 Å². The fourth-order valence-electron chi connectivity index (χ4n) is 2.08. The van der Waals surface area contributed by atoms with E-state index in [1.165, 1.54) is 12.8 Å². The van der Waals surface area contributed by atoms with Crippen molar-refractivity contribution in [1.82, 2.24) is 10.2 Å². The Balaban J connectivity index is 2.49. The summed E-state index contributed by atoms with van der Waals surface area (Å²) in [5.74, 6) is 2.82. The first-order valence-corrected chi connectivity index (χ1v) is 5.22. The van der Waals surface area contributed by atoms with Gasteiger partial charge in [-0.15, -0.1) is 6.42 Å². The summed E-state index contributed by atoms with van der Waals surface area (Å²) in [6, 6.07) is 0.977. The quantitative estimate of drug-likeness (QED) is 0.654. The van der Waals surface area contributed by atoms with Crippen LogP contribution in [0.1, 0.15) is 26.7 Å². The van der Waals surface area contributed by atoms with Crippen molar-refractivity contribution in [1.29, 1.82) is 0 Å². The molecule has 1 aliphatic heterocycles. The molecule has 1 heterocycles. The number of hydrogen-bond donors (Lipinski definition) is 1. The van der Waals surface area contributed by atoms with E-state index in [1.54, 1.807) is 0 Å². The van der Waals surface area contributed by atoms with Gasteiger partial charge in [0.05, 0.1) is 6.04 Å². The van der Waals surface area contributed by atoms with Gasteiger partial charge in [0.1, 0.15) is 0 Å². The molecular formula is C11H20N2. The van der Waals surface area contributed by atoms with E-state index in [0.717, 1.165) is 19.6 Å². The molecule has 2 heteroatoms. The first-order valence-electron chi connectivity index (χ1n) is 5.22. The zero-order valence-electron chi connectivity index (χ0n) is 8.71. The average Bonchev–Trinajstić information content (AvgIpc) is 2.20. The van der Waals surface area contributed by atoms with Gasteiger partial charge in [0, 0.05) is 6.04 Å². The molecule has 13 heavy (non-hydrogen) atoms. The summed E-state index contributed by atoms with van der Waals surface area (Å²) in [6.45, 7) is 7.65. The highest BCUT2D eigenvalue weighted by molar-refractivity contribution is 4.99. The SMILES string of the molecule is C#CC(C)N(CC)C1CCNCC1. The maximum atomic E-state index is 5.45. The Bertz CT molecular complexity index is 177. The first kappa shape index (κ1) is 10.6. The van der Waals surface area contributed by atoms with Crippen LogP contribution in [0.3, 0.4) is 0 Å². The van der Waals surface area contributed by atoms with E-state index in [2.05, 4.69) is 30.0 Å². The third kappa shape index (κ3) is 2.72. The summed E-state index contributed by atoms with van der Waals surface area (Å²) in [4.78, 5) is 2.43. The fourth-order valence-corrected chi connectivity index (χ4v) is 2.08. The molecule has 0 aromatic carbocycles. The molecule has 0 aromatic rings. The monoisotopic (exact) mass is 180 g/mol. The van der Waals surface area contributed by atoms with E-state index >= 15 is 0 Å². The second-order valence-electron chi connectivity index (χ2n) is 3.65. The number of terminal acetylenes is 1. The summed E-state index contributed by atoms with van der Waals surface area (Å²) < 4.78 is 0. The number of piperidine rings is 1. The van der Waals surface area contributed by atoms with Crippen molar-refractivity contribution in [3.63, 3.8) is 0 Å². The number of nitrogens with zero attached hydrogens (tertiary/aromatic N) is 1. The average molecular weight is 180 g/mol. The van der Waals surface area contributed by atoms with Crippen LogP contribution in [0.15, 0.2) is 0 Å². The molecule has 1 fully saturated rings. The van der Waals surface area contributed by atoms with Crippen LogP contribution in [0.2, 0.25) is 0 Å². The molecule has 0 radical (unpaired) electrons. The van der Waals surface area contributed by atoms with Crippen LogP contribution in [0.4, 0.5) is 0 Å². The van der Waals surface area contributed by atoms with Gasteiger partial charge in [-0.1, -0.05) is 12.8 Å². The van der Waals surface area contributed by atoms with Crippen molar-refractivity contribution in [3.05, 3.63) is 0 Å². The molecule has 0 aromatic heterocycles. The molecule has 0 bridgehead atoms. The summed E-state index contributed by atoms with van der Waals surface area (Å²) in [5.41, 5.74) is 0. The largest absolute Gasteiger partial charge is 0.317 e. The molecule has 1 rings (SSSR count). The van der Waals surface area contributed by atoms with Crippen molar-refractivity contribution in [2.45, 2.75) is 38.8 Å². The topological polar surface area (TPSA) is 15.3 Å². The maximum absolute atomic E-state index is 5.45. The van der Waals surface area contributed by atoms with Crippen molar-refractivity contribution in [2.24, 2.45) is 0 Å². The standard InChI is InChI=1S/C11H20N2/c1-4-10(3)13(5-2)11-6-8-12-9-7-11/h1,10-12H,5-9H2,2-3H3. The summed E-state index contributed by atoms with van der Waals surface area (Å²) in [5, 5.41) is 3.37. The Morgan fingerprint density at radius 3 is 2.62 bits per heavy atom. The van der Waals surface area contributed by atoms with E-state index < -0.39 is 0 Å². The van der Waals surface area contributed by atoms with Crippen molar-refractivity contribution < 1.29 is 0 Å². The van der Waals surface area contributed by atoms with Crippen LogP contribution in [0.25, 0.3) is 0 Å². The van der Waals surface area contributed by atoms with Crippen LogP contribution in [0, 0.1) is 12.3 Å². The molecule has 1 saturated heterocycles. The minimum Gasteiger partial charge on any atom is -0.317 e. The molecule has 74 valence electrons. The second kappa shape index (κ2) is 5.26. The number of hydrogen-bond acceptors (Lipinski definition) is 2. The lowest BCUT2D eigenvalue weighted by atomic mass is 10.0. The predicted octanol–water partition coefficient (Wildman–Crippen LogP) is 1.08. The molecule has 1 atom stereocenters. The van der Waals surface area contributed by atoms with E-state index in [0.29, 0.717) is 6.04 Å². The molecule has 0 saturated carbocycles.